The number of aryl methyl sites for hydroxylation is 2. The lowest BCUT2D eigenvalue weighted by molar-refractivity contribution is 0.678. The van der Waals surface area contributed by atoms with Gasteiger partial charge < -0.3 is 10.6 Å². The van der Waals surface area contributed by atoms with Crippen molar-refractivity contribution in [2.24, 2.45) is 4.99 Å². The van der Waals surface area contributed by atoms with Gasteiger partial charge in [-0.3, -0.25) is 9.98 Å². The summed E-state index contributed by atoms with van der Waals surface area (Å²) < 4.78 is 0. The highest BCUT2D eigenvalue weighted by Crippen LogP contribution is 2.16. The SMILES string of the molecule is CN=C(NCc1ncccc1C)NC(C)c1ccccc1C. The van der Waals surface area contributed by atoms with Crippen LogP contribution in [0.4, 0.5) is 0 Å². The summed E-state index contributed by atoms with van der Waals surface area (Å²) in [5.41, 5.74) is 4.77. The first-order valence-corrected chi connectivity index (χ1v) is 7.55. The Balaban J connectivity index is 1.98. The fourth-order valence-electron chi connectivity index (χ4n) is 2.42. The molecule has 0 aliphatic rings. The third-order valence-corrected chi connectivity index (χ3v) is 3.77. The Hall–Kier alpha value is -2.36. The van der Waals surface area contributed by atoms with E-state index in [1.807, 2.05) is 12.3 Å². The van der Waals surface area contributed by atoms with Gasteiger partial charge in [-0.05, 0) is 43.5 Å². The molecule has 0 radical (unpaired) electrons. The van der Waals surface area contributed by atoms with Gasteiger partial charge in [0, 0.05) is 13.2 Å². The molecular weight excluding hydrogens is 272 g/mol. The van der Waals surface area contributed by atoms with Gasteiger partial charge in [0.15, 0.2) is 5.96 Å². The summed E-state index contributed by atoms with van der Waals surface area (Å²) >= 11 is 0. The molecule has 0 saturated carbocycles. The molecule has 2 rings (SSSR count). The van der Waals surface area contributed by atoms with Crippen molar-refractivity contribution >= 4 is 5.96 Å². The molecule has 0 aliphatic heterocycles. The van der Waals surface area contributed by atoms with Gasteiger partial charge in [-0.2, -0.15) is 0 Å². The molecule has 0 bridgehead atoms. The van der Waals surface area contributed by atoms with E-state index in [0.717, 1.165) is 11.7 Å². The molecule has 116 valence electrons. The fraction of sp³-hybridized carbons (Fsp3) is 0.333. The van der Waals surface area contributed by atoms with Crippen LogP contribution in [0.1, 0.15) is 35.3 Å². The Labute approximate surface area is 132 Å². The van der Waals surface area contributed by atoms with Crippen molar-refractivity contribution in [2.75, 3.05) is 7.05 Å². The molecule has 4 heteroatoms. The highest BCUT2D eigenvalue weighted by Gasteiger charge is 2.10. The molecule has 1 atom stereocenters. The van der Waals surface area contributed by atoms with Gasteiger partial charge in [0.1, 0.15) is 0 Å². The van der Waals surface area contributed by atoms with Gasteiger partial charge in [-0.15, -0.1) is 0 Å². The summed E-state index contributed by atoms with van der Waals surface area (Å²) in [6.07, 6.45) is 1.82. The van der Waals surface area contributed by atoms with Crippen LogP contribution in [0.2, 0.25) is 0 Å². The van der Waals surface area contributed by atoms with Gasteiger partial charge in [0.25, 0.3) is 0 Å². The Morgan fingerprint density at radius 3 is 2.55 bits per heavy atom. The van der Waals surface area contributed by atoms with Gasteiger partial charge in [0.2, 0.25) is 0 Å². The summed E-state index contributed by atoms with van der Waals surface area (Å²) in [6, 6.07) is 12.6. The number of guanidine groups is 1. The lowest BCUT2D eigenvalue weighted by Gasteiger charge is -2.20. The smallest absolute Gasteiger partial charge is 0.191 e. The molecule has 1 unspecified atom stereocenters. The van der Waals surface area contributed by atoms with Gasteiger partial charge in [-0.1, -0.05) is 30.3 Å². The highest BCUT2D eigenvalue weighted by atomic mass is 15.2. The maximum absolute atomic E-state index is 4.39. The molecule has 2 aromatic rings. The molecule has 1 aromatic heterocycles. The van der Waals surface area contributed by atoms with Crippen molar-refractivity contribution < 1.29 is 0 Å². The van der Waals surface area contributed by atoms with Crippen LogP contribution >= 0.6 is 0 Å². The molecule has 0 saturated heterocycles. The van der Waals surface area contributed by atoms with Crippen LogP contribution < -0.4 is 10.6 Å². The molecule has 4 nitrogen and oxygen atoms in total. The minimum atomic E-state index is 0.192. The zero-order chi connectivity index (χ0) is 15.9. The largest absolute Gasteiger partial charge is 0.351 e. The third kappa shape index (κ3) is 4.07. The molecule has 22 heavy (non-hydrogen) atoms. The van der Waals surface area contributed by atoms with E-state index in [9.17, 15) is 0 Å². The Bertz CT molecular complexity index is 649. The van der Waals surface area contributed by atoms with Crippen molar-refractivity contribution in [1.82, 2.24) is 15.6 Å². The van der Waals surface area contributed by atoms with E-state index in [0.29, 0.717) is 6.54 Å². The lowest BCUT2D eigenvalue weighted by atomic mass is 10.0. The van der Waals surface area contributed by atoms with E-state index < -0.39 is 0 Å². The number of nitrogens with one attached hydrogen (secondary N) is 2. The van der Waals surface area contributed by atoms with E-state index >= 15 is 0 Å². The lowest BCUT2D eigenvalue weighted by Crippen LogP contribution is -2.38. The molecule has 0 fully saturated rings. The van der Waals surface area contributed by atoms with Crippen molar-refractivity contribution in [2.45, 2.75) is 33.4 Å². The monoisotopic (exact) mass is 296 g/mol. The molecular formula is C18H24N4. The van der Waals surface area contributed by atoms with Gasteiger partial charge >= 0.3 is 0 Å². The zero-order valence-electron chi connectivity index (χ0n) is 13.7. The molecule has 1 aromatic carbocycles. The highest BCUT2D eigenvalue weighted by molar-refractivity contribution is 5.80. The number of aromatic nitrogens is 1. The number of hydrogen-bond acceptors (Lipinski definition) is 2. The maximum atomic E-state index is 4.39. The van der Waals surface area contributed by atoms with Crippen molar-refractivity contribution in [3.63, 3.8) is 0 Å². The molecule has 1 heterocycles. The van der Waals surface area contributed by atoms with Crippen LogP contribution in [0.15, 0.2) is 47.6 Å². The van der Waals surface area contributed by atoms with Crippen LogP contribution in [0.5, 0.6) is 0 Å². The summed E-state index contributed by atoms with van der Waals surface area (Å²) in [6.45, 7) is 6.99. The number of benzene rings is 1. The predicted octanol–water partition coefficient (Wildman–Crippen LogP) is 3.12. The fourth-order valence-corrected chi connectivity index (χ4v) is 2.42. The van der Waals surface area contributed by atoms with Crippen LogP contribution in [0.3, 0.4) is 0 Å². The number of hydrogen-bond donors (Lipinski definition) is 2. The Morgan fingerprint density at radius 2 is 1.86 bits per heavy atom. The van der Waals surface area contributed by atoms with Crippen LogP contribution in [-0.4, -0.2) is 18.0 Å². The third-order valence-electron chi connectivity index (χ3n) is 3.77. The van der Waals surface area contributed by atoms with Crippen LogP contribution in [0, 0.1) is 13.8 Å². The van der Waals surface area contributed by atoms with E-state index in [4.69, 9.17) is 0 Å². The summed E-state index contributed by atoms with van der Waals surface area (Å²) in [4.78, 5) is 8.69. The first-order valence-electron chi connectivity index (χ1n) is 7.55. The Kier molecular flexibility index (Phi) is 5.53. The number of pyridine rings is 1. The van der Waals surface area contributed by atoms with E-state index in [1.54, 1.807) is 7.05 Å². The Morgan fingerprint density at radius 1 is 1.14 bits per heavy atom. The van der Waals surface area contributed by atoms with E-state index in [2.05, 4.69) is 71.7 Å². The number of aliphatic imine (C=N–C) groups is 1. The van der Waals surface area contributed by atoms with Crippen molar-refractivity contribution in [1.29, 1.82) is 0 Å². The predicted molar refractivity (Wildman–Crippen MR) is 91.9 cm³/mol. The molecule has 2 N–H and O–H groups in total. The van der Waals surface area contributed by atoms with E-state index in [-0.39, 0.29) is 6.04 Å². The van der Waals surface area contributed by atoms with Crippen molar-refractivity contribution in [3.8, 4) is 0 Å². The summed E-state index contributed by atoms with van der Waals surface area (Å²) in [5, 5.41) is 6.75. The quantitative estimate of drug-likeness (QED) is 0.673. The normalized spacial score (nSPS) is 12.8. The summed E-state index contributed by atoms with van der Waals surface area (Å²) in [5.74, 6) is 0.779. The number of nitrogens with zero attached hydrogens (tertiary/aromatic N) is 2. The zero-order valence-corrected chi connectivity index (χ0v) is 13.7. The van der Waals surface area contributed by atoms with Crippen molar-refractivity contribution in [3.05, 3.63) is 65.0 Å². The first-order chi connectivity index (χ1) is 10.6. The molecule has 0 amide bonds. The van der Waals surface area contributed by atoms with Gasteiger partial charge in [0.05, 0.1) is 18.3 Å². The van der Waals surface area contributed by atoms with Gasteiger partial charge in [-0.25, -0.2) is 0 Å². The second-order valence-electron chi connectivity index (χ2n) is 5.42. The first kappa shape index (κ1) is 16.0. The summed E-state index contributed by atoms with van der Waals surface area (Å²) in [7, 11) is 1.78. The molecule has 0 aliphatic carbocycles. The maximum Gasteiger partial charge on any atom is 0.191 e. The second kappa shape index (κ2) is 7.59. The minimum Gasteiger partial charge on any atom is -0.351 e. The van der Waals surface area contributed by atoms with Crippen LogP contribution in [-0.2, 0) is 6.54 Å². The molecule has 0 spiro atoms. The van der Waals surface area contributed by atoms with E-state index in [1.165, 1.54) is 16.7 Å². The second-order valence-corrected chi connectivity index (χ2v) is 5.42. The average molecular weight is 296 g/mol. The topological polar surface area (TPSA) is 49.3 Å². The number of rotatable bonds is 4. The van der Waals surface area contributed by atoms with Crippen LogP contribution in [0.25, 0.3) is 0 Å². The standard InChI is InChI=1S/C18H24N4/c1-13-8-5-6-10-16(13)15(3)22-18(19-4)21-12-17-14(2)9-7-11-20-17/h5-11,15H,12H2,1-4H3,(H2,19,21,22). The minimum absolute atomic E-state index is 0.192. The average Bonchev–Trinajstić information content (AvgIpc) is 2.53.